The fraction of sp³-hybridized carbons (Fsp3) is 0.533. The molecule has 0 bridgehead atoms. The van der Waals surface area contributed by atoms with Gasteiger partial charge in [0.1, 0.15) is 11.7 Å². The molecule has 3 atom stereocenters. The van der Waals surface area contributed by atoms with Gasteiger partial charge in [-0.2, -0.15) is 0 Å². The number of carboxylic acid groups (broad SMARTS) is 1. The third-order valence-electron chi connectivity index (χ3n) is 4.02. The molecule has 0 amide bonds. The van der Waals surface area contributed by atoms with Crippen molar-refractivity contribution in [3.05, 3.63) is 29.8 Å². The number of hydrogen-bond acceptors (Lipinski definition) is 3. The number of rotatable bonds is 4. The summed E-state index contributed by atoms with van der Waals surface area (Å²) in [5.41, 5.74) is -0.673. The third-order valence-corrected chi connectivity index (χ3v) is 5.73. The van der Waals surface area contributed by atoms with E-state index in [0.29, 0.717) is 17.7 Å². The summed E-state index contributed by atoms with van der Waals surface area (Å²) in [6.07, 6.45) is 3.24. The number of carbonyl (C=O) groups is 1. The summed E-state index contributed by atoms with van der Waals surface area (Å²) in [7, 11) is 1.52. The van der Waals surface area contributed by atoms with E-state index in [0.717, 1.165) is 19.3 Å². The molecule has 1 aliphatic carbocycles. The fourth-order valence-electron chi connectivity index (χ4n) is 2.98. The van der Waals surface area contributed by atoms with Crippen LogP contribution in [0.15, 0.2) is 24.3 Å². The van der Waals surface area contributed by atoms with Crippen LogP contribution in [-0.2, 0) is 4.79 Å². The van der Waals surface area contributed by atoms with Crippen LogP contribution in [0.3, 0.4) is 0 Å². The van der Waals surface area contributed by atoms with Crippen LogP contribution in [0.1, 0.15) is 37.2 Å². The Balaban J connectivity index is 2.48. The van der Waals surface area contributed by atoms with Gasteiger partial charge in [-0.1, -0.05) is 53.6 Å². The Bertz CT molecular complexity index is 491. The van der Waals surface area contributed by atoms with Crippen LogP contribution in [0.25, 0.3) is 0 Å². The van der Waals surface area contributed by atoms with Gasteiger partial charge in [0.25, 0.3) is 0 Å². The number of benzene rings is 1. The van der Waals surface area contributed by atoms with Gasteiger partial charge in [0.15, 0.2) is 0 Å². The molecule has 1 saturated carbocycles. The predicted octanol–water partition coefficient (Wildman–Crippen LogP) is 2.97. The van der Waals surface area contributed by atoms with Crippen LogP contribution in [0.2, 0.25) is 0 Å². The molecule has 5 heteroatoms. The number of ether oxygens (including phenoxy) is 1. The molecule has 2 rings (SSSR count). The summed E-state index contributed by atoms with van der Waals surface area (Å²) >= 11 is 2.18. The van der Waals surface area contributed by atoms with Crippen molar-refractivity contribution >= 4 is 28.6 Å². The van der Waals surface area contributed by atoms with Crippen LogP contribution in [0, 0.1) is 0 Å². The van der Waals surface area contributed by atoms with Gasteiger partial charge in [0, 0.05) is 9.49 Å². The van der Waals surface area contributed by atoms with Gasteiger partial charge in [-0.05, 0) is 18.9 Å². The summed E-state index contributed by atoms with van der Waals surface area (Å²) in [6, 6.07) is 7.04. The summed E-state index contributed by atoms with van der Waals surface area (Å²) in [4.78, 5) is 11.8. The minimum Gasteiger partial charge on any atom is -0.496 e. The first-order valence-electron chi connectivity index (χ1n) is 6.73. The zero-order chi connectivity index (χ0) is 14.8. The zero-order valence-corrected chi connectivity index (χ0v) is 13.5. The maximum Gasteiger partial charge on any atom is 0.314 e. The van der Waals surface area contributed by atoms with Crippen molar-refractivity contribution < 1.29 is 19.7 Å². The zero-order valence-electron chi connectivity index (χ0n) is 11.4. The Kier molecular flexibility index (Phi) is 4.90. The lowest BCUT2D eigenvalue weighted by atomic mass is 9.72. The Hall–Kier alpha value is -0.820. The Labute approximate surface area is 132 Å². The Morgan fingerprint density at radius 3 is 2.75 bits per heavy atom. The molecular formula is C15H19IO4. The van der Waals surface area contributed by atoms with Gasteiger partial charge in [-0.15, -0.1) is 0 Å². The van der Waals surface area contributed by atoms with E-state index in [1.807, 2.05) is 0 Å². The minimum atomic E-state index is -1.22. The van der Waals surface area contributed by atoms with Crippen LogP contribution in [0.5, 0.6) is 5.75 Å². The molecule has 2 unspecified atom stereocenters. The lowest BCUT2D eigenvalue weighted by molar-refractivity contribution is -0.147. The van der Waals surface area contributed by atoms with Crippen LogP contribution in [-0.4, -0.2) is 32.8 Å². The second-order valence-corrected chi connectivity index (χ2v) is 6.72. The van der Waals surface area contributed by atoms with E-state index in [9.17, 15) is 15.0 Å². The molecule has 20 heavy (non-hydrogen) atoms. The normalized spacial score (nSPS) is 27.9. The van der Waals surface area contributed by atoms with Crippen molar-refractivity contribution in [2.75, 3.05) is 7.11 Å². The predicted molar refractivity (Wildman–Crippen MR) is 84.6 cm³/mol. The first kappa shape index (κ1) is 15.6. The maximum absolute atomic E-state index is 11.8. The van der Waals surface area contributed by atoms with E-state index in [1.165, 1.54) is 7.11 Å². The molecule has 0 aliphatic heterocycles. The molecule has 1 fully saturated rings. The molecule has 2 N–H and O–H groups in total. The molecule has 1 aromatic rings. The van der Waals surface area contributed by atoms with Gasteiger partial charge >= 0.3 is 5.97 Å². The topological polar surface area (TPSA) is 66.8 Å². The highest BCUT2D eigenvalue weighted by Gasteiger charge is 2.49. The molecular weight excluding hydrogens is 371 g/mol. The van der Waals surface area contributed by atoms with Crippen molar-refractivity contribution in [2.45, 2.75) is 41.1 Å². The van der Waals surface area contributed by atoms with E-state index in [1.54, 1.807) is 24.3 Å². The van der Waals surface area contributed by atoms with E-state index >= 15 is 0 Å². The van der Waals surface area contributed by atoms with E-state index in [2.05, 4.69) is 22.6 Å². The number of aliphatic carboxylic acids is 1. The lowest BCUT2D eigenvalue weighted by Gasteiger charge is -2.41. The average molecular weight is 390 g/mol. The van der Waals surface area contributed by atoms with Gasteiger partial charge < -0.3 is 14.9 Å². The SMILES string of the molecule is COc1ccccc1[C@@H](C(=O)O)C1(O)CCCCC1I. The van der Waals surface area contributed by atoms with Crippen LogP contribution >= 0.6 is 22.6 Å². The quantitative estimate of drug-likeness (QED) is 0.613. The number of para-hydroxylation sites is 1. The first-order valence-corrected chi connectivity index (χ1v) is 7.97. The van der Waals surface area contributed by atoms with E-state index in [-0.39, 0.29) is 3.92 Å². The summed E-state index contributed by atoms with van der Waals surface area (Å²) in [6.45, 7) is 0. The van der Waals surface area contributed by atoms with Crippen LogP contribution < -0.4 is 4.74 Å². The fourth-order valence-corrected chi connectivity index (χ4v) is 4.10. The highest BCUT2D eigenvalue weighted by molar-refractivity contribution is 14.1. The summed E-state index contributed by atoms with van der Waals surface area (Å²) in [5, 5.41) is 20.7. The average Bonchev–Trinajstić information content (AvgIpc) is 2.42. The lowest BCUT2D eigenvalue weighted by Crippen LogP contribution is -2.49. The number of halogens is 1. The molecule has 1 aromatic carbocycles. The second kappa shape index (κ2) is 6.30. The van der Waals surface area contributed by atoms with Crippen molar-refractivity contribution in [1.82, 2.24) is 0 Å². The summed E-state index contributed by atoms with van der Waals surface area (Å²) in [5.74, 6) is -1.44. The Morgan fingerprint density at radius 1 is 1.45 bits per heavy atom. The van der Waals surface area contributed by atoms with Crippen molar-refractivity contribution in [3.8, 4) is 5.75 Å². The maximum atomic E-state index is 11.8. The minimum absolute atomic E-state index is 0.0696. The highest BCUT2D eigenvalue weighted by atomic mass is 127. The number of alkyl halides is 1. The van der Waals surface area contributed by atoms with Crippen molar-refractivity contribution in [2.24, 2.45) is 0 Å². The van der Waals surface area contributed by atoms with E-state index < -0.39 is 17.5 Å². The monoisotopic (exact) mass is 390 g/mol. The van der Waals surface area contributed by atoms with E-state index in [4.69, 9.17) is 4.74 Å². The molecule has 0 saturated heterocycles. The molecule has 0 heterocycles. The standard InChI is InChI=1S/C15H19IO4/c1-20-11-7-3-2-6-10(11)13(14(17)18)15(19)9-5-4-8-12(15)16/h2-3,6-7,12-13,19H,4-5,8-9H2,1H3,(H,17,18)/t12?,13-,15?/m0/s1. The largest absolute Gasteiger partial charge is 0.496 e. The van der Waals surface area contributed by atoms with Crippen LogP contribution in [0.4, 0.5) is 0 Å². The van der Waals surface area contributed by atoms with Gasteiger partial charge in [0.2, 0.25) is 0 Å². The molecule has 0 aromatic heterocycles. The molecule has 0 radical (unpaired) electrons. The number of methoxy groups -OCH3 is 1. The Morgan fingerprint density at radius 2 is 2.15 bits per heavy atom. The number of hydrogen-bond donors (Lipinski definition) is 2. The number of carboxylic acids is 1. The highest BCUT2D eigenvalue weighted by Crippen LogP contribution is 2.45. The molecule has 0 spiro atoms. The van der Waals surface area contributed by atoms with Gasteiger partial charge in [-0.3, -0.25) is 4.79 Å². The molecule has 110 valence electrons. The molecule has 4 nitrogen and oxygen atoms in total. The van der Waals surface area contributed by atoms with Crippen molar-refractivity contribution in [3.63, 3.8) is 0 Å². The second-order valence-electron chi connectivity index (χ2n) is 5.22. The first-order chi connectivity index (χ1) is 9.50. The third kappa shape index (κ3) is 2.79. The summed E-state index contributed by atoms with van der Waals surface area (Å²) < 4.78 is 5.20. The number of aliphatic hydroxyl groups is 1. The van der Waals surface area contributed by atoms with Gasteiger partial charge in [0.05, 0.1) is 12.7 Å². The van der Waals surface area contributed by atoms with Crippen molar-refractivity contribution in [1.29, 1.82) is 0 Å². The molecule has 1 aliphatic rings. The van der Waals surface area contributed by atoms with Gasteiger partial charge in [-0.25, -0.2) is 0 Å². The smallest absolute Gasteiger partial charge is 0.314 e.